The number of fused-ring (bicyclic) bond motifs is 1. The van der Waals surface area contributed by atoms with Crippen LogP contribution in [0.2, 0.25) is 0 Å². The quantitative estimate of drug-likeness (QED) is 0.850. The molecule has 20 heavy (non-hydrogen) atoms. The Labute approximate surface area is 115 Å². The van der Waals surface area contributed by atoms with E-state index in [1.807, 2.05) is 18.2 Å². The van der Waals surface area contributed by atoms with Crippen LogP contribution in [0.3, 0.4) is 0 Å². The largest absolute Gasteiger partial charge is 0.363 e. The lowest BCUT2D eigenvalue weighted by atomic mass is 10.1. The summed E-state index contributed by atoms with van der Waals surface area (Å²) >= 11 is 0. The summed E-state index contributed by atoms with van der Waals surface area (Å²) in [4.78, 5) is 30.7. The highest BCUT2D eigenvalue weighted by Crippen LogP contribution is 2.28. The van der Waals surface area contributed by atoms with Gasteiger partial charge in [-0.15, -0.1) is 0 Å². The minimum absolute atomic E-state index is 0.00491. The molecule has 6 nitrogen and oxygen atoms in total. The number of carbonyl (C=O) groups excluding carboxylic acids is 2. The second-order valence-electron chi connectivity index (χ2n) is 4.68. The molecule has 6 heteroatoms. The van der Waals surface area contributed by atoms with Crippen LogP contribution in [0, 0.1) is 6.92 Å². The van der Waals surface area contributed by atoms with Crippen LogP contribution in [-0.4, -0.2) is 21.8 Å². The number of nitrogens with zero attached hydrogens (tertiary/aromatic N) is 2. The zero-order valence-corrected chi connectivity index (χ0v) is 10.8. The fourth-order valence-electron chi connectivity index (χ4n) is 2.22. The second-order valence-corrected chi connectivity index (χ2v) is 4.68. The van der Waals surface area contributed by atoms with Crippen LogP contribution in [-0.2, 0) is 11.2 Å². The number of carbonyl (C=O) groups is 2. The number of rotatable bonds is 2. The van der Waals surface area contributed by atoms with Gasteiger partial charge in [-0.05, 0) is 30.7 Å². The highest BCUT2D eigenvalue weighted by atomic mass is 16.2. The lowest BCUT2D eigenvalue weighted by Crippen LogP contribution is -2.16. The zero-order valence-electron chi connectivity index (χ0n) is 10.8. The summed E-state index contributed by atoms with van der Waals surface area (Å²) in [5.41, 5.74) is 9.07. The Morgan fingerprint density at radius 3 is 2.85 bits per heavy atom. The first-order valence-electron chi connectivity index (χ1n) is 6.11. The predicted octanol–water partition coefficient (Wildman–Crippen LogP) is 1.05. The summed E-state index contributed by atoms with van der Waals surface area (Å²) in [6.07, 6.45) is 0.357. The predicted molar refractivity (Wildman–Crippen MR) is 73.1 cm³/mol. The van der Waals surface area contributed by atoms with E-state index in [0.29, 0.717) is 17.8 Å². The third kappa shape index (κ3) is 2.11. The van der Waals surface area contributed by atoms with Gasteiger partial charge < -0.3 is 11.1 Å². The van der Waals surface area contributed by atoms with Crippen LogP contribution < -0.4 is 11.1 Å². The normalized spacial score (nSPS) is 12.9. The third-order valence-corrected chi connectivity index (χ3v) is 3.10. The van der Waals surface area contributed by atoms with E-state index in [4.69, 9.17) is 5.73 Å². The van der Waals surface area contributed by atoms with Crippen molar-refractivity contribution in [1.82, 2.24) is 9.97 Å². The van der Waals surface area contributed by atoms with E-state index >= 15 is 0 Å². The number of nitrogens with two attached hydrogens (primary N) is 1. The monoisotopic (exact) mass is 268 g/mol. The second kappa shape index (κ2) is 4.41. The Morgan fingerprint density at radius 1 is 1.30 bits per heavy atom. The summed E-state index contributed by atoms with van der Waals surface area (Å²) in [5.74, 6) is -0.684. The van der Waals surface area contributed by atoms with Crippen molar-refractivity contribution in [2.75, 3.05) is 5.32 Å². The van der Waals surface area contributed by atoms with Gasteiger partial charge >= 0.3 is 0 Å². The molecule has 1 aromatic carbocycles. The molecular formula is C14H12N4O2. The highest BCUT2D eigenvalue weighted by Gasteiger charge is 2.18. The van der Waals surface area contributed by atoms with Gasteiger partial charge in [-0.2, -0.15) is 0 Å². The Bertz CT molecular complexity index is 740. The number of amides is 2. The molecule has 100 valence electrons. The number of benzene rings is 1. The first kappa shape index (κ1) is 12.3. The lowest BCUT2D eigenvalue weighted by Gasteiger charge is -2.06. The van der Waals surface area contributed by atoms with Gasteiger partial charge in [0.25, 0.3) is 5.91 Å². The molecule has 3 rings (SSSR count). The van der Waals surface area contributed by atoms with Gasteiger partial charge in [0.1, 0.15) is 0 Å². The summed E-state index contributed by atoms with van der Waals surface area (Å²) in [6, 6.07) is 7.34. The lowest BCUT2D eigenvalue weighted by molar-refractivity contribution is -0.115. The Morgan fingerprint density at radius 2 is 2.10 bits per heavy atom. The van der Waals surface area contributed by atoms with Crippen LogP contribution in [0.25, 0.3) is 11.3 Å². The highest BCUT2D eigenvalue weighted by molar-refractivity contribution is 5.99. The van der Waals surface area contributed by atoms with Gasteiger partial charge in [0.15, 0.2) is 0 Å². The molecular weight excluding hydrogens is 256 g/mol. The Balaban J connectivity index is 2.08. The van der Waals surface area contributed by atoms with E-state index in [-0.39, 0.29) is 11.7 Å². The van der Waals surface area contributed by atoms with Crippen molar-refractivity contribution in [3.63, 3.8) is 0 Å². The number of primary amides is 1. The summed E-state index contributed by atoms with van der Waals surface area (Å²) in [6.45, 7) is 1.77. The summed E-state index contributed by atoms with van der Waals surface area (Å²) in [7, 11) is 0. The van der Waals surface area contributed by atoms with Crippen LogP contribution in [0.5, 0.6) is 0 Å². The van der Waals surface area contributed by atoms with Gasteiger partial charge in [0, 0.05) is 16.9 Å². The molecule has 0 spiro atoms. The van der Waals surface area contributed by atoms with E-state index in [1.54, 1.807) is 13.0 Å². The molecule has 0 unspecified atom stereocenters. The fourth-order valence-corrected chi connectivity index (χ4v) is 2.22. The molecule has 2 aromatic rings. The van der Waals surface area contributed by atoms with Crippen LogP contribution in [0.4, 0.5) is 5.69 Å². The maximum absolute atomic E-state index is 11.3. The molecule has 0 fully saturated rings. The van der Waals surface area contributed by atoms with Crippen molar-refractivity contribution in [3.05, 3.63) is 41.3 Å². The first-order chi connectivity index (χ1) is 9.52. The van der Waals surface area contributed by atoms with Crippen LogP contribution in [0.15, 0.2) is 24.3 Å². The maximum Gasteiger partial charge on any atom is 0.286 e. The van der Waals surface area contributed by atoms with Gasteiger partial charge in [-0.3, -0.25) is 9.59 Å². The molecule has 2 amide bonds. The minimum atomic E-state index is -0.659. The minimum Gasteiger partial charge on any atom is -0.363 e. The first-order valence-corrected chi connectivity index (χ1v) is 6.11. The fraction of sp³-hybridized carbons (Fsp3) is 0.143. The number of hydrogen-bond donors (Lipinski definition) is 2. The topological polar surface area (TPSA) is 98.0 Å². The van der Waals surface area contributed by atoms with E-state index in [2.05, 4.69) is 15.3 Å². The van der Waals surface area contributed by atoms with Gasteiger partial charge in [0.2, 0.25) is 11.7 Å². The van der Waals surface area contributed by atoms with Crippen molar-refractivity contribution >= 4 is 17.5 Å². The van der Waals surface area contributed by atoms with Crippen molar-refractivity contribution < 1.29 is 9.59 Å². The number of aryl methyl sites for hydroxylation is 1. The van der Waals surface area contributed by atoms with E-state index in [0.717, 1.165) is 16.8 Å². The molecule has 1 aliphatic rings. The molecule has 0 bridgehead atoms. The van der Waals surface area contributed by atoms with Crippen molar-refractivity contribution in [1.29, 1.82) is 0 Å². The molecule has 0 saturated carbocycles. The van der Waals surface area contributed by atoms with Crippen molar-refractivity contribution in [3.8, 4) is 11.3 Å². The van der Waals surface area contributed by atoms with Gasteiger partial charge in [0.05, 0.1) is 12.1 Å². The van der Waals surface area contributed by atoms with E-state index in [1.165, 1.54) is 0 Å². The summed E-state index contributed by atoms with van der Waals surface area (Å²) < 4.78 is 0. The molecule has 2 heterocycles. The number of hydrogen-bond acceptors (Lipinski definition) is 4. The average Bonchev–Trinajstić information content (AvgIpc) is 2.76. The van der Waals surface area contributed by atoms with E-state index in [9.17, 15) is 9.59 Å². The SMILES string of the molecule is Cc1cc(-c2ccc3c(c2)CC(=O)N3)nc(C(N)=O)n1. The molecule has 0 aliphatic carbocycles. The van der Waals surface area contributed by atoms with Gasteiger partial charge in [-0.25, -0.2) is 9.97 Å². The standard InChI is InChI=1S/C14H12N4O2/c1-7-4-11(18-14(16-7)13(15)20)8-2-3-10-9(5-8)6-12(19)17-10/h2-5H,6H2,1H3,(H2,15,20)(H,17,19). The molecule has 0 saturated heterocycles. The van der Waals surface area contributed by atoms with Crippen molar-refractivity contribution in [2.45, 2.75) is 13.3 Å². The zero-order chi connectivity index (χ0) is 14.3. The number of nitrogens with one attached hydrogen (secondary N) is 1. The number of aromatic nitrogens is 2. The smallest absolute Gasteiger partial charge is 0.286 e. The van der Waals surface area contributed by atoms with Gasteiger partial charge in [-0.1, -0.05) is 6.07 Å². The molecule has 0 radical (unpaired) electrons. The van der Waals surface area contributed by atoms with E-state index < -0.39 is 5.91 Å². The third-order valence-electron chi connectivity index (χ3n) is 3.10. The molecule has 3 N–H and O–H groups in total. The average molecular weight is 268 g/mol. The van der Waals surface area contributed by atoms with Crippen LogP contribution in [0.1, 0.15) is 21.9 Å². The Kier molecular flexibility index (Phi) is 2.71. The maximum atomic E-state index is 11.3. The van der Waals surface area contributed by atoms with Crippen LogP contribution >= 0.6 is 0 Å². The Hall–Kier alpha value is -2.76. The number of anilines is 1. The summed E-state index contributed by atoms with van der Waals surface area (Å²) in [5, 5.41) is 2.77. The molecule has 1 aliphatic heterocycles. The molecule has 0 atom stereocenters. The van der Waals surface area contributed by atoms with Crippen molar-refractivity contribution in [2.24, 2.45) is 5.73 Å². The molecule has 1 aromatic heterocycles.